The number of esters is 1. The molecule has 0 aliphatic carbocycles. The van der Waals surface area contributed by atoms with Gasteiger partial charge in [-0.1, -0.05) is 29.4 Å². The van der Waals surface area contributed by atoms with Gasteiger partial charge in [0.1, 0.15) is 0 Å². The maximum Gasteiger partial charge on any atom is 0.407 e. The molecule has 2 aromatic carbocycles. The van der Waals surface area contributed by atoms with Crippen LogP contribution in [0.25, 0.3) is 10.4 Å². The number of nitrogens with zero attached hydrogens (tertiary/aromatic N) is 5. The lowest BCUT2D eigenvalue weighted by molar-refractivity contribution is 0.0601. The summed E-state index contributed by atoms with van der Waals surface area (Å²) in [7, 11) is 1.26. The first-order valence-corrected chi connectivity index (χ1v) is 9.41. The third-order valence-electron chi connectivity index (χ3n) is 5.03. The summed E-state index contributed by atoms with van der Waals surface area (Å²) in [6, 6.07) is 12.5. The zero-order valence-electron chi connectivity index (χ0n) is 16.4. The number of rotatable bonds is 5. The number of hydrogen-bond donors (Lipinski definition) is 1. The minimum atomic E-state index is -0.883. The van der Waals surface area contributed by atoms with Gasteiger partial charge in [0.2, 0.25) is 0 Å². The van der Waals surface area contributed by atoms with E-state index in [-0.39, 0.29) is 17.2 Å². The van der Waals surface area contributed by atoms with Crippen LogP contribution in [0, 0.1) is 0 Å². The molecule has 2 aromatic rings. The van der Waals surface area contributed by atoms with E-state index in [0.29, 0.717) is 24.3 Å². The van der Waals surface area contributed by atoms with E-state index in [2.05, 4.69) is 15.0 Å². The smallest absolute Gasteiger partial charge is 0.407 e. The maximum atomic E-state index is 11.9. The van der Waals surface area contributed by atoms with Crippen molar-refractivity contribution in [2.45, 2.75) is 18.8 Å². The van der Waals surface area contributed by atoms with Crippen molar-refractivity contribution in [2.75, 3.05) is 20.2 Å². The summed E-state index contributed by atoms with van der Waals surface area (Å²) in [4.78, 5) is 31.8. The highest BCUT2D eigenvalue weighted by atomic mass is 16.5. The van der Waals surface area contributed by atoms with Gasteiger partial charge in [0.15, 0.2) is 0 Å². The number of carboxylic acid groups (broad SMARTS) is 1. The lowest BCUT2D eigenvalue weighted by Gasteiger charge is -2.31. The first-order chi connectivity index (χ1) is 14.5. The predicted octanol–water partition coefficient (Wildman–Crippen LogP) is 5.02. The Bertz CT molecular complexity index is 1010. The highest BCUT2D eigenvalue weighted by Crippen LogP contribution is 2.29. The van der Waals surface area contributed by atoms with Crippen LogP contribution in [-0.2, 0) is 4.74 Å². The number of carbonyl (C=O) groups is 2. The van der Waals surface area contributed by atoms with Gasteiger partial charge in [-0.15, -0.1) is 0 Å². The number of azide groups is 1. The molecule has 1 unspecified atom stereocenters. The van der Waals surface area contributed by atoms with E-state index in [0.717, 1.165) is 18.4 Å². The van der Waals surface area contributed by atoms with E-state index in [1.54, 1.807) is 12.1 Å². The van der Waals surface area contributed by atoms with Crippen LogP contribution in [0.1, 0.15) is 40.2 Å². The van der Waals surface area contributed by atoms with Gasteiger partial charge in [-0.25, -0.2) is 9.59 Å². The Kier molecular flexibility index (Phi) is 6.67. The fourth-order valence-corrected chi connectivity index (χ4v) is 3.50. The Labute approximate surface area is 173 Å². The average molecular weight is 407 g/mol. The minimum Gasteiger partial charge on any atom is -0.465 e. The number of amides is 1. The Morgan fingerprint density at radius 3 is 2.70 bits per heavy atom. The van der Waals surface area contributed by atoms with E-state index < -0.39 is 12.1 Å². The van der Waals surface area contributed by atoms with Crippen LogP contribution < -0.4 is 0 Å². The molecule has 1 atom stereocenters. The largest absolute Gasteiger partial charge is 0.465 e. The van der Waals surface area contributed by atoms with Crippen molar-refractivity contribution in [3.63, 3.8) is 0 Å². The van der Waals surface area contributed by atoms with Gasteiger partial charge in [0.25, 0.3) is 0 Å². The van der Waals surface area contributed by atoms with Crippen molar-refractivity contribution >= 4 is 29.7 Å². The highest BCUT2D eigenvalue weighted by molar-refractivity contribution is 6.00. The zero-order chi connectivity index (χ0) is 21.5. The van der Waals surface area contributed by atoms with E-state index in [4.69, 9.17) is 10.3 Å². The van der Waals surface area contributed by atoms with E-state index in [9.17, 15) is 14.7 Å². The molecule has 0 aromatic heterocycles. The van der Waals surface area contributed by atoms with Gasteiger partial charge in [0.05, 0.1) is 24.0 Å². The topological polar surface area (TPSA) is 128 Å². The standard InChI is InChI=1S/C21H21N5O4/c1-30-20(27)18-6-2-4-15(19(18)24-25-22)12-23-17-9-7-14(8-10-17)16-5-3-11-26(13-16)21(28)29/h2,4,6-10,12,16H,3,5,11,13H2,1H3,(H,28,29). The SMILES string of the molecule is COC(=O)c1cccc(C=Nc2ccc(C3CCCN(C(=O)O)C3)cc2)c1N=[N+]=[N-]. The second-order valence-electron chi connectivity index (χ2n) is 6.84. The molecule has 0 bridgehead atoms. The first kappa shape index (κ1) is 20.9. The van der Waals surface area contributed by atoms with Gasteiger partial charge in [0, 0.05) is 35.7 Å². The number of ether oxygens (including phenoxy) is 1. The molecule has 1 heterocycles. The molecule has 1 aliphatic rings. The van der Waals surface area contributed by atoms with Crippen LogP contribution in [0.3, 0.4) is 0 Å². The second kappa shape index (κ2) is 9.58. The summed E-state index contributed by atoms with van der Waals surface area (Å²) in [5.41, 5.74) is 11.4. The number of methoxy groups -OCH3 is 1. The Balaban J connectivity index is 1.80. The molecule has 3 rings (SSSR count). The second-order valence-corrected chi connectivity index (χ2v) is 6.84. The van der Waals surface area contributed by atoms with Crippen molar-refractivity contribution < 1.29 is 19.4 Å². The lowest BCUT2D eigenvalue weighted by Crippen LogP contribution is -2.38. The van der Waals surface area contributed by atoms with Gasteiger partial charge < -0.3 is 14.7 Å². The molecule has 9 heteroatoms. The van der Waals surface area contributed by atoms with Crippen molar-refractivity contribution in [1.82, 2.24) is 4.90 Å². The van der Waals surface area contributed by atoms with Crippen molar-refractivity contribution in [3.05, 3.63) is 69.6 Å². The fourth-order valence-electron chi connectivity index (χ4n) is 3.50. The van der Waals surface area contributed by atoms with E-state index in [1.165, 1.54) is 24.3 Å². The van der Waals surface area contributed by atoms with Gasteiger partial charge >= 0.3 is 12.1 Å². The summed E-state index contributed by atoms with van der Waals surface area (Å²) in [6.45, 7) is 1.07. The van der Waals surface area contributed by atoms with Crippen LogP contribution in [0.5, 0.6) is 0 Å². The number of likely N-dealkylation sites (tertiary alicyclic amines) is 1. The van der Waals surface area contributed by atoms with Crippen LogP contribution in [0.2, 0.25) is 0 Å². The van der Waals surface area contributed by atoms with Crippen LogP contribution >= 0.6 is 0 Å². The Morgan fingerprint density at radius 1 is 1.27 bits per heavy atom. The normalized spacial score (nSPS) is 16.2. The number of carbonyl (C=O) groups excluding carboxylic acids is 1. The summed E-state index contributed by atoms with van der Waals surface area (Å²) < 4.78 is 4.73. The number of aliphatic imine (C=N–C) groups is 1. The molecule has 154 valence electrons. The highest BCUT2D eigenvalue weighted by Gasteiger charge is 2.24. The summed E-state index contributed by atoms with van der Waals surface area (Å²) >= 11 is 0. The quantitative estimate of drug-likeness (QED) is 0.245. The van der Waals surface area contributed by atoms with Crippen molar-refractivity contribution in [2.24, 2.45) is 10.1 Å². The average Bonchev–Trinajstić information content (AvgIpc) is 2.78. The lowest BCUT2D eigenvalue weighted by atomic mass is 9.91. The number of piperidine rings is 1. The molecular weight excluding hydrogens is 386 g/mol. The van der Waals surface area contributed by atoms with E-state index in [1.807, 2.05) is 24.3 Å². The zero-order valence-corrected chi connectivity index (χ0v) is 16.4. The molecule has 1 aliphatic heterocycles. The summed E-state index contributed by atoms with van der Waals surface area (Å²) in [5, 5.41) is 12.8. The monoisotopic (exact) mass is 407 g/mol. The third kappa shape index (κ3) is 4.76. The molecule has 1 N–H and O–H groups in total. The van der Waals surface area contributed by atoms with Crippen molar-refractivity contribution in [1.29, 1.82) is 0 Å². The van der Waals surface area contributed by atoms with Crippen LogP contribution in [0.4, 0.5) is 16.2 Å². The van der Waals surface area contributed by atoms with Crippen molar-refractivity contribution in [3.8, 4) is 0 Å². The van der Waals surface area contributed by atoms with E-state index >= 15 is 0 Å². The number of benzene rings is 2. The molecular formula is C21H21N5O4. The van der Waals surface area contributed by atoms with Gasteiger partial charge in [-0.2, -0.15) is 0 Å². The molecule has 0 radical (unpaired) electrons. The first-order valence-electron chi connectivity index (χ1n) is 9.41. The Morgan fingerprint density at radius 2 is 2.03 bits per heavy atom. The minimum absolute atomic E-state index is 0.156. The molecule has 0 saturated carbocycles. The van der Waals surface area contributed by atoms with Gasteiger partial charge in [-0.3, -0.25) is 4.99 Å². The summed E-state index contributed by atoms with van der Waals surface area (Å²) in [6.07, 6.45) is 2.43. The fraction of sp³-hybridized carbons (Fsp3) is 0.286. The molecule has 0 spiro atoms. The molecule has 9 nitrogen and oxygen atoms in total. The Hall–Kier alpha value is -3.84. The molecule has 1 amide bonds. The van der Waals surface area contributed by atoms with Crippen LogP contribution in [-0.4, -0.2) is 48.5 Å². The number of hydrogen-bond acceptors (Lipinski definition) is 5. The molecule has 1 saturated heterocycles. The molecule has 30 heavy (non-hydrogen) atoms. The van der Waals surface area contributed by atoms with Crippen LogP contribution in [0.15, 0.2) is 52.6 Å². The predicted molar refractivity (Wildman–Crippen MR) is 112 cm³/mol. The summed E-state index contributed by atoms with van der Waals surface area (Å²) in [5.74, 6) is -0.430. The van der Waals surface area contributed by atoms with Gasteiger partial charge in [-0.05, 0) is 42.1 Å². The third-order valence-corrected chi connectivity index (χ3v) is 5.03. The maximum absolute atomic E-state index is 11.9. The molecule has 1 fully saturated rings.